The number of hydrogen-bond donors (Lipinski definition) is 2. The quantitative estimate of drug-likeness (QED) is 0.633. The Bertz CT molecular complexity index is 694. The van der Waals surface area contributed by atoms with Gasteiger partial charge in [0.15, 0.2) is 0 Å². The van der Waals surface area contributed by atoms with Gasteiger partial charge in [-0.25, -0.2) is 0 Å². The van der Waals surface area contributed by atoms with E-state index in [0.29, 0.717) is 25.7 Å². The highest BCUT2D eigenvalue weighted by Gasteiger charge is 2.43. The van der Waals surface area contributed by atoms with Crippen molar-refractivity contribution in [1.29, 1.82) is 0 Å². The van der Waals surface area contributed by atoms with Gasteiger partial charge in [-0.15, -0.1) is 11.8 Å². The number of aldehydes is 1. The number of amides is 2. The van der Waals surface area contributed by atoms with E-state index in [0.717, 1.165) is 36.2 Å². The van der Waals surface area contributed by atoms with Crippen LogP contribution in [0.15, 0.2) is 29.2 Å². The Morgan fingerprint density at radius 3 is 2.71 bits per heavy atom. The average Bonchev–Trinajstić information content (AvgIpc) is 3.16. The standard InChI is InChI=1S/C21H28N2O3S2/c1-27-12-9-16(14-24)22-20(26)21(10-5-2-6-11-21)23-19(25)18-13-15-7-3-4-8-17(15)28-18/h3-4,7-8,14,16,18H,2,5-6,9-13H2,1H3,(H,22,26)(H,23,25)/t16-,18?/m0/s1. The Balaban J connectivity index is 1.68. The molecule has 1 aromatic rings. The van der Waals surface area contributed by atoms with E-state index in [1.807, 2.05) is 24.5 Å². The number of carbonyl (C=O) groups excluding carboxylic acids is 3. The molecule has 1 unspecified atom stereocenters. The summed E-state index contributed by atoms with van der Waals surface area (Å²) in [6.07, 6.45) is 8.21. The van der Waals surface area contributed by atoms with Crippen molar-refractivity contribution in [3.8, 4) is 0 Å². The molecule has 28 heavy (non-hydrogen) atoms. The molecule has 0 aromatic heterocycles. The highest BCUT2D eigenvalue weighted by Crippen LogP contribution is 2.38. The van der Waals surface area contributed by atoms with Gasteiger partial charge < -0.3 is 15.4 Å². The molecule has 1 saturated carbocycles. The van der Waals surface area contributed by atoms with Crippen LogP contribution in [-0.4, -0.2) is 46.9 Å². The maximum atomic E-state index is 13.1. The summed E-state index contributed by atoms with van der Waals surface area (Å²) in [7, 11) is 0. The molecule has 3 rings (SSSR count). The van der Waals surface area contributed by atoms with Crippen LogP contribution in [0, 0.1) is 0 Å². The summed E-state index contributed by atoms with van der Waals surface area (Å²) in [5.41, 5.74) is 0.290. The van der Waals surface area contributed by atoms with E-state index in [1.54, 1.807) is 23.5 Å². The third-order valence-electron chi connectivity index (χ3n) is 5.56. The third kappa shape index (κ3) is 4.92. The maximum absolute atomic E-state index is 13.1. The van der Waals surface area contributed by atoms with E-state index >= 15 is 0 Å². The second kappa shape index (κ2) is 9.83. The summed E-state index contributed by atoms with van der Waals surface area (Å²) < 4.78 is 0. The Labute approximate surface area is 175 Å². The largest absolute Gasteiger partial charge is 0.345 e. The van der Waals surface area contributed by atoms with Gasteiger partial charge in [-0.1, -0.05) is 37.5 Å². The van der Waals surface area contributed by atoms with Crippen molar-refractivity contribution >= 4 is 41.6 Å². The minimum Gasteiger partial charge on any atom is -0.345 e. The van der Waals surface area contributed by atoms with E-state index in [9.17, 15) is 14.4 Å². The van der Waals surface area contributed by atoms with Gasteiger partial charge >= 0.3 is 0 Å². The number of benzene rings is 1. The first-order chi connectivity index (χ1) is 13.6. The number of carbonyl (C=O) groups is 3. The number of rotatable bonds is 8. The molecule has 1 fully saturated rings. The molecular formula is C21H28N2O3S2. The summed E-state index contributed by atoms with van der Waals surface area (Å²) >= 11 is 3.22. The molecular weight excluding hydrogens is 392 g/mol. The number of thioether (sulfide) groups is 2. The Morgan fingerprint density at radius 2 is 2.04 bits per heavy atom. The SMILES string of the molecule is CSCC[C@@H](C=O)NC(=O)C1(NC(=O)C2Cc3ccccc3S2)CCCCC1. The van der Waals surface area contributed by atoms with E-state index in [-0.39, 0.29) is 17.1 Å². The zero-order chi connectivity index (χ0) is 20.0. The first-order valence-electron chi connectivity index (χ1n) is 9.90. The summed E-state index contributed by atoms with van der Waals surface area (Å²) in [4.78, 5) is 38.7. The highest BCUT2D eigenvalue weighted by molar-refractivity contribution is 8.01. The predicted molar refractivity (Wildman–Crippen MR) is 115 cm³/mol. The van der Waals surface area contributed by atoms with Crippen molar-refractivity contribution < 1.29 is 14.4 Å². The molecule has 5 nitrogen and oxygen atoms in total. The Hall–Kier alpha value is -1.47. The van der Waals surface area contributed by atoms with Gasteiger partial charge in [-0.05, 0) is 49.3 Å². The van der Waals surface area contributed by atoms with Crippen molar-refractivity contribution in [3.05, 3.63) is 29.8 Å². The van der Waals surface area contributed by atoms with Crippen LogP contribution in [0.3, 0.4) is 0 Å². The third-order valence-corrected chi connectivity index (χ3v) is 7.52. The minimum atomic E-state index is -0.898. The molecule has 2 aliphatic rings. The van der Waals surface area contributed by atoms with Crippen LogP contribution >= 0.6 is 23.5 Å². The van der Waals surface area contributed by atoms with Crippen LogP contribution in [0.5, 0.6) is 0 Å². The van der Waals surface area contributed by atoms with Crippen LogP contribution in [0.25, 0.3) is 0 Å². The van der Waals surface area contributed by atoms with Crippen LogP contribution in [0.2, 0.25) is 0 Å². The molecule has 1 aromatic carbocycles. The molecule has 1 heterocycles. The Morgan fingerprint density at radius 1 is 1.29 bits per heavy atom. The van der Waals surface area contributed by atoms with Crippen LogP contribution < -0.4 is 10.6 Å². The second-order valence-electron chi connectivity index (χ2n) is 7.55. The fourth-order valence-corrected chi connectivity index (χ4v) is 5.62. The molecule has 0 radical (unpaired) electrons. The van der Waals surface area contributed by atoms with Gasteiger partial charge in [0.2, 0.25) is 11.8 Å². The van der Waals surface area contributed by atoms with Crippen LogP contribution in [-0.2, 0) is 20.8 Å². The first-order valence-corrected chi connectivity index (χ1v) is 12.2. The number of nitrogens with one attached hydrogen (secondary N) is 2. The van der Waals surface area contributed by atoms with Gasteiger partial charge in [-0.2, -0.15) is 11.8 Å². The smallest absolute Gasteiger partial charge is 0.246 e. The van der Waals surface area contributed by atoms with Crippen molar-refractivity contribution in [2.75, 3.05) is 12.0 Å². The van der Waals surface area contributed by atoms with Gasteiger partial charge in [0.1, 0.15) is 11.8 Å². The monoisotopic (exact) mass is 420 g/mol. The number of fused-ring (bicyclic) bond motifs is 1. The van der Waals surface area contributed by atoms with Crippen molar-refractivity contribution in [3.63, 3.8) is 0 Å². The lowest BCUT2D eigenvalue weighted by Crippen LogP contribution is -2.62. The molecule has 0 spiro atoms. The highest BCUT2D eigenvalue weighted by atomic mass is 32.2. The zero-order valence-electron chi connectivity index (χ0n) is 16.2. The van der Waals surface area contributed by atoms with E-state index in [1.165, 1.54) is 5.56 Å². The summed E-state index contributed by atoms with van der Waals surface area (Å²) in [5, 5.41) is 5.78. The Kier molecular flexibility index (Phi) is 7.46. The van der Waals surface area contributed by atoms with Crippen molar-refractivity contribution in [2.24, 2.45) is 0 Å². The van der Waals surface area contributed by atoms with Gasteiger partial charge in [0.25, 0.3) is 0 Å². The second-order valence-corrected chi connectivity index (χ2v) is 9.78. The molecule has 0 bridgehead atoms. The normalized spacial score (nSPS) is 21.4. The molecule has 7 heteroatoms. The summed E-state index contributed by atoms with van der Waals surface area (Å²) in [6, 6.07) is 7.57. The molecule has 0 saturated heterocycles. The zero-order valence-corrected chi connectivity index (χ0v) is 17.9. The van der Waals surface area contributed by atoms with Gasteiger partial charge in [0, 0.05) is 4.90 Å². The van der Waals surface area contributed by atoms with Crippen LogP contribution in [0.4, 0.5) is 0 Å². The average molecular weight is 421 g/mol. The molecule has 1 aliphatic carbocycles. The van der Waals surface area contributed by atoms with Gasteiger partial charge in [-0.3, -0.25) is 9.59 Å². The lowest BCUT2D eigenvalue weighted by Gasteiger charge is -2.38. The van der Waals surface area contributed by atoms with Crippen molar-refractivity contribution in [1.82, 2.24) is 10.6 Å². The molecule has 152 valence electrons. The maximum Gasteiger partial charge on any atom is 0.246 e. The number of hydrogen-bond acceptors (Lipinski definition) is 5. The van der Waals surface area contributed by atoms with Crippen molar-refractivity contribution in [2.45, 2.75) is 66.7 Å². The molecule has 2 N–H and O–H groups in total. The fraction of sp³-hybridized carbons (Fsp3) is 0.571. The molecule has 1 aliphatic heterocycles. The lowest BCUT2D eigenvalue weighted by atomic mass is 9.80. The predicted octanol–water partition coefficient (Wildman–Crippen LogP) is 2.96. The minimum absolute atomic E-state index is 0.0787. The summed E-state index contributed by atoms with van der Waals surface area (Å²) in [6.45, 7) is 0. The topological polar surface area (TPSA) is 75.3 Å². The van der Waals surface area contributed by atoms with Crippen LogP contribution in [0.1, 0.15) is 44.1 Å². The molecule has 2 amide bonds. The van der Waals surface area contributed by atoms with Gasteiger partial charge in [0.05, 0.1) is 11.3 Å². The first kappa shape index (κ1) is 21.2. The lowest BCUT2D eigenvalue weighted by molar-refractivity contribution is -0.136. The van der Waals surface area contributed by atoms with E-state index in [4.69, 9.17) is 0 Å². The molecule has 2 atom stereocenters. The van der Waals surface area contributed by atoms with E-state index < -0.39 is 11.6 Å². The fourth-order valence-electron chi connectivity index (χ4n) is 3.93. The van der Waals surface area contributed by atoms with E-state index in [2.05, 4.69) is 16.7 Å². The summed E-state index contributed by atoms with van der Waals surface area (Å²) in [5.74, 6) is 0.518.